The van der Waals surface area contributed by atoms with Crippen LogP contribution in [0.15, 0.2) is 24.3 Å². The third kappa shape index (κ3) is 2.01. The molecule has 5 heteroatoms. The minimum absolute atomic E-state index is 0.364. The van der Waals surface area contributed by atoms with Crippen LogP contribution < -0.4 is 10.1 Å². The topological polar surface area (TPSA) is 63.3 Å². The highest BCUT2D eigenvalue weighted by molar-refractivity contribution is 5.96. The number of rotatable bonds is 2. The van der Waals surface area contributed by atoms with Gasteiger partial charge in [0.05, 0.1) is 25.6 Å². The molecule has 1 aromatic heterocycles. The molecule has 1 aromatic carbocycles. The van der Waals surface area contributed by atoms with E-state index in [0.717, 1.165) is 41.0 Å². The van der Waals surface area contributed by atoms with E-state index in [4.69, 9.17) is 4.74 Å². The molecule has 2 N–H and O–H groups in total. The first-order chi connectivity index (χ1) is 9.72. The smallest absolute Gasteiger partial charge is 0.332 e. The van der Waals surface area contributed by atoms with Gasteiger partial charge in [0.2, 0.25) is 0 Å². The first-order valence-electron chi connectivity index (χ1n) is 6.45. The van der Waals surface area contributed by atoms with Crippen molar-refractivity contribution in [3.05, 3.63) is 35.5 Å². The molecule has 20 heavy (non-hydrogen) atoms. The number of carbonyl (C=O) groups excluding carboxylic acids is 1. The summed E-state index contributed by atoms with van der Waals surface area (Å²) in [6.45, 7) is 0.792. The molecule has 0 saturated carbocycles. The monoisotopic (exact) mass is 272 g/mol. The maximum absolute atomic E-state index is 11.4. The molecule has 0 radical (unpaired) electrons. The highest BCUT2D eigenvalue weighted by Gasteiger charge is 2.20. The summed E-state index contributed by atoms with van der Waals surface area (Å²) in [6.07, 6.45) is 2.38. The molecule has 2 aromatic rings. The number of hydrogen-bond donors (Lipinski definition) is 2. The fourth-order valence-corrected chi connectivity index (χ4v) is 2.55. The molecule has 0 amide bonds. The predicted octanol–water partition coefficient (Wildman–Crippen LogP) is 1.84. The Bertz CT molecular complexity index is 700. The Labute approximate surface area is 116 Å². The molecule has 0 spiro atoms. The normalized spacial score (nSPS) is 15.8. The summed E-state index contributed by atoms with van der Waals surface area (Å²) in [5.74, 6) is 0.466. The molecular weight excluding hydrogens is 256 g/mol. The van der Waals surface area contributed by atoms with E-state index in [2.05, 4.69) is 15.0 Å². The molecule has 104 valence electrons. The van der Waals surface area contributed by atoms with E-state index in [-0.39, 0.29) is 5.97 Å². The van der Waals surface area contributed by atoms with Crippen molar-refractivity contribution >= 4 is 22.6 Å². The number of hydrogen-bond acceptors (Lipinski definition) is 4. The highest BCUT2D eigenvalue weighted by atomic mass is 16.5. The van der Waals surface area contributed by atoms with Gasteiger partial charge in [0.1, 0.15) is 5.75 Å². The molecule has 0 aliphatic carbocycles. The van der Waals surface area contributed by atoms with E-state index in [0.29, 0.717) is 0 Å². The van der Waals surface area contributed by atoms with E-state index >= 15 is 0 Å². The summed E-state index contributed by atoms with van der Waals surface area (Å²) in [7, 11) is 3.03. The lowest BCUT2D eigenvalue weighted by atomic mass is 10.0. The van der Waals surface area contributed by atoms with Crippen LogP contribution in [0.4, 0.5) is 0 Å². The Morgan fingerprint density at radius 1 is 1.35 bits per heavy atom. The van der Waals surface area contributed by atoms with Gasteiger partial charge in [-0.05, 0) is 30.2 Å². The van der Waals surface area contributed by atoms with E-state index in [1.54, 1.807) is 7.11 Å². The van der Waals surface area contributed by atoms with Crippen LogP contribution in [0.25, 0.3) is 16.6 Å². The lowest BCUT2D eigenvalue weighted by Crippen LogP contribution is -2.23. The van der Waals surface area contributed by atoms with Crippen molar-refractivity contribution < 1.29 is 14.3 Å². The summed E-state index contributed by atoms with van der Waals surface area (Å²) < 4.78 is 9.96. The molecule has 0 atom stereocenters. The van der Waals surface area contributed by atoms with Crippen LogP contribution in [0, 0.1) is 0 Å². The number of aromatic nitrogens is 1. The van der Waals surface area contributed by atoms with Crippen LogP contribution in [-0.2, 0) is 16.0 Å². The van der Waals surface area contributed by atoms with Gasteiger partial charge in [-0.15, -0.1) is 0 Å². The fourth-order valence-electron chi connectivity index (χ4n) is 2.55. The first-order valence-corrected chi connectivity index (χ1v) is 6.45. The summed E-state index contributed by atoms with van der Waals surface area (Å²) in [4.78, 5) is 14.8. The van der Waals surface area contributed by atoms with E-state index in [1.807, 2.05) is 18.2 Å². The second-order valence-corrected chi connectivity index (χ2v) is 4.65. The third-order valence-electron chi connectivity index (χ3n) is 3.54. The molecule has 0 bridgehead atoms. The zero-order valence-electron chi connectivity index (χ0n) is 11.4. The van der Waals surface area contributed by atoms with Gasteiger partial charge >= 0.3 is 5.97 Å². The molecule has 0 saturated heterocycles. The quantitative estimate of drug-likeness (QED) is 0.647. The molecule has 0 unspecified atom stereocenters. The van der Waals surface area contributed by atoms with Gasteiger partial charge < -0.3 is 19.8 Å². The van der Waals surface area contributed by atoms with Crippen LogP contribution in [0.3, 0.4) is 0 Å². The van der Waals surface area contributed by atoms with Crippen molar-refractivity contribution in [2.75, 3.05) is 20.8 Å². The average Bonchev–Trinajstić information content (AvgIpc) is 2.86. The number of H-pyrrole nitrogens is 1. The lowest BCUT2D eigenvalue weighted by molar-refractivity contribution is -0.134. The van der Waals surface area contributed by atoms with Gasteiger partial charge in [0.25, 0.3) is 0 Å². The van der Waals surface area contributed by atoms with Gasteiger partial charge in [-0.2, -0.15) is 0 Å². The van der Waals surface area contributed by atoms with Gasteiger partial charge in [-0.25, -0.2) is 4.79 Å². The van der Waals surface area contributed by atoms with E-state index in [9.17, 15) is 4.79 Å². The number of nitrogens with one attached hydrogen (secondary N) is 2. The zero-order valence-corrected chi connectivity index (χ0v) is 11.4. The SMILES string of the molecule is COC(=O)/C=C1\NCCc2c1[nH]c1ccc(OC)cc21. The minimum Gasteiger partial charge on any atom is -0.497 e. The van der Waals surface area contributed by atoms with Crippen LogP contribution >= 0.6 is 0 Å². The molecule has 5 nitrogen and oxygen atoms in total. The van der Waals surface area contributed by atoms with Crippen molar-refractivity contribution in [3.63, 3.8) is 0 Å². The number of methoxy groups -OCH3 is 2. The maximum atomic E-state index is 11.4. The molecule has 0 fully saturated rings. The van der Waals surface area contributed by atoms with Gasteiger partial charge in [0, 0.05) is 23.5 Å². The van der Waals surface area contributed by atoms with Crippen LogP contribution in [0.5, 0.6) is 5.75 Å². The third-order valence-corrected chi connectivity index (χ3v) is 3.54. The number of ether oxygens (including phenoxy) is 2. The number of carbonyl (C=O) groups is 1. The fraction of sp³-hybridized carbons (Fsp3) is 0.267. The molecule has 1 aliphatic heterocycles. The molecule has 2 heterocycles. The first kappa shape index (κ1) is 12.6. The van der Waals surface area contributed by atoms with Crippen LogP contribution in [-0.4, -0.2) is 31.7 Å². The molecular formula is C15H16N2O3. The number of esters is 1. The Hall–Kier alpha value is -2.43. The lowest BCUT2D eigenvalue weighted by Gasteiger charge is -2.17. The highest BCUT2D eigenvalue weighted by Crippen LogP contribution is 2.31. The van der Waals surface area contributed by atoms with Crippen LogP contribution in [0.2, 0.25) is 0 Å². The summed E-state index contributed by atoms with van der Waals surface area (Å²) >= 11 is 0. The Kier molecular flexibility index (Phi) is 3.10. The number of fused-ring (bicyclic) bond motifs is 3. The minimum atomic E-state index is -0.364. The average molecular weight is 272 g/mol. The summed E-state index contributed by atoms with van der Waals surface area (Å²) in [6, 6.07) is 5.93. The largest absolute Gasteiger partial charge is 0.497 e. The number of aromatic amines is 1. The summed E-state index contributed by atoms with van der Waals surface area (Å²) in [5, 5.41) is 4.36. The standard InChI is InChI=1S/C15H16N2O3/c1-19-9-3-4-12-11(7-9)10-5-6-16-13(15(10)17-12)8-14(18)20-2/h3-4,7-8,16-17H,5-6H2,1-2H3/b13-8-. The van der Waals surface area contributed by atoms with Crippen molar-refractivity contribution in [1.82, 2.24) is 10.3 Å². The Morgan fingerprint density at radius 2 is 2.20 bits per heavy atom. The zero-order chi connectivity index (χ0) is 14.1. The van der Waals surface area contributed by atoms with Crippen LogP contribution in [0.1, 0.15) is 11.3 Å². The second-order valence-electron chi connectivity index (χ2n) is 4.65. The van der Waals surface area contributed by atoms with E-state index < -0.39 is 0 Å². The Balaban J connectivity index is 2.15. The van der Waals surface area contributed by atoms with Gasteiger partial charge in [-0.3, -0.25) is 0 Å². The van der Waals surface area contributed by atoms with Gasteiger partial charge in [0.15, 0.2) is 0 Å². The Morgan fingerprint density at radius 3 is 2.95 bits per heavy atom. The summed E-state index contributed by atoms with van der Waals surface area (Å²) in [5.41, 5.74) is 3.96. The van der Waals surface area contributed by atoms with Crippen molar-refractivity contribution in [3.8, 4) is 5.75 Å². The van der Waals surface area contributed by atoms with E-state index in [1.165, 1.54) is 18.7 Å². The van der Waals surface area contributed by atoms with Crippen molar-refractivity contribution in [2.45, 2.75) is 6.42 Å². The number of benzene rings is 1. The predicted molar refractivity (Wildman–Crippen MR) is 76.6 cm³/mol. The van der Waals surface area contributed by atoms with Crippen molar-refractivity contribution in [1.29, 1.82) is 0 Å². The van der Waals surface area contributed by atoms with Gasteiger partial charge in [-0.1, -0.05) is 0 Å². The second kappa shape index (κ2) is 4.92. The maximum Gasteiger partial charge on any atom is 0.332 e. The molecule has 1 aliphatic rings. The molecule has 3 rings (SSSR count). The van der Waals surface area contributed by atoms with Crippen molar-refractivity contribution in [2.24, 2.45) is 0 Å².